The minimum Gasteiger partial charge on any atom is -0.468 e. The summed E-state index contributed by atoms with van der Waals surface area (Å²) in [5.41, 5.74) is 1.39. The molecule has 1 unspecified atom stereocenters. The fraction of sp³-hybridized carbons (Fsp3) is 0.692. The van der Waals surface area contributed by atoms with Gasteiger partial charge in [-0.25, -0.2) is 0 Å². The highest BCUT2D eigenvalue weighted by atomic mass is 16.6. The molecule has 0 aliphatic rings. The van der Waals surface area contributed by atoms with Gasteiger partial charge in [-0.05, 0) is 31.2 Å². The first-order valence-electron chi connectivity index (χ1n) is 5.72. The van der Waals surface area contributed by atoms with Crippen LogP contribution >= 0.6 is 0 Å². The van der Waals surface area contributed by atoms with Crippen LogP contribution in [0.25, 0.3) is 0 Å². The first kappa shape index (κ1) is 12.2. The highest BCUT2D eigenvalue weighted by molar-refractivity contribution is 5.34. The third-order valence-corrected chi connectivity index (χ3v) is 3.24. The summed E-state index contributed by atoms with van der Waals surface area (Å²) in [6.45, 7) is 8.68. The Bertz CT molecular complexity index is 314. The molecule has 2 heteroatoms. The molecule has 1 rings (SSSR count). The summed E-state index contributed by atoms with van der Waals surface area (Å²) in [5.74, 6) is 1.61. The standard InChI is InChI=1S/C13H22O2/c1-6-8-13(4,7-2)11-9-10(3)15-12(11)14-5/h9H,6-8H2,1-5H3. The summed E-state index contributed by atoms with van der Waals surface area (Å²) < 4.78 is 10.8. The third kappa shape index (κ3) is 2.36. The molecule has 0 saturated heterocycles. The Labute approximate surface area is 92.6 Å². The Morgan fingerprint density at radius 3 is 2.53 bits per heavy atom. The number of hydrogen-bond donors (Lipinski definition) is 0. The van der Waals surface area contributed by atoms with Crippen molar-refractivity contribution >= 4 is 0 Å². The minimum atomic E-state index is 0.178. The van der Waals surface area contributed by atoms with Gasteiger partial charge in [-0.3, -0.25) is 0 Å². The van der Waals surface area contributed by atoms with Crippen molar-refractivity contribution < 1.29 is 9.15 Å². The van der Waals surface area contributed by atoms with Gasteiger partial charge in [0.1, 0.15) is 5.76 Å². The van der Waals surface area contributed by atoms with Crippen LogP contribution < -0.4 is 4.74 Å². The molecule has 2 nitrogen and oxygen atoms in total. The zero-order valence-corrected chi connectivity index (χ0v) is 10.5. The van der Waals surface area contributed by atoms with Crippen molar-refractivity contribution in [1.82, 2.24) is 0 Å². The molecule has 0 saturated carbocycles. The van der Waals surface area contributed by atoms with Gasteiger partial charge in [-0.2, -0.15) is 0 Å². The lowest BCUT2D eigenvalue weighted by Crippen LogP contribution is -2.20. The third-order valence-electron chi connectivity index (χ3n) is 3.24. The summed E-state index contributed by atoms with van der Waals surface area (Å²) in [6.07, 6.45) is 3.45. The molecule has 0 aliphatic carbocycles. The van der Waals surface area contributed by atoms with Gasteiger partial charge in [-0.15, -0.1) is 0 Å². The zero-order valence-electron chi connectivity index (χ0n) is 10.5. The molecule has 86 valence electrons. The van der Waals surface area contributed by atoms with Crippen LogP contribution in [0.4, 0.5) is 0 Å². The van der Waals surface area contributed by atoms with Crippen LogP contribution in [0.1, 0.15) is 51.4 Å². The summed E-state index contributed by atoms with van der Waals surface area (Å²) >= 11 is 0. The van der Waals surface area contributed by atoms with Gasteiger partial charge in [0.05, 0.1) is 7.11 Å². The van der Waals surface area contributed by atoms with Crippen LogP contribution in [0.15, 0.2) is 10.5 Å². The van der Waals surface area contributed by atoms with Gasteiger partial charge in [0.15, 0.2) is 0 Å². The van der Waals surface area contributed by atoms with Gasteiger partial charge in [0, 0.05) is 5.56 Å². The van der Waals surface area contributed by atoms with E-state index in [1.165, 1.54) is 18.4 Å². The van der Waals surface area contributed by atoms with Crippen LogP contribution in [0.5, 0.6) is 5.95 Å². The minimum absolute atomic E-state index is 0.178. The van der Waals surface area contributed by atoms with E-state index in [9.17, 15) is 0 Å². The lowest BCUT2D eigenvalue weighted by molar-refractivity contribution is 0.280. The molecule has 0 fully saturated rings. The zero-order chi connectivity index (χ0) is 11.5. The molecule has 0 aliphatic heterocycles. The smallest absolute Gasteiger partial charge is 0.288 e. The predicted octanol–water partition coefficient (Wildman–Crippen LogP) is 4.06. The highest BCUT2D eigenvalue weighted by Gasteiger charge is 2.29. The molecule has 0 radical (unpaired) electrons. The molecule has 1 atom stereocenters. The first-order valence-corrected chi connectivity index (χ1v) is 5.72. The highest BCUT2D eigenvalue weighted by Crippen LogP contribution is 2.39. The average molecular weight is 210 g/mol. The number of hydrogen-bond acceptors (Lipinski definition) is 2. The monoisotopic (exact) mass is 210 g/mol. The van der Waals surface area contributed by atoms with E-state index in [1.807, 2.05) is 6.92 Å². The van der Waals surface area contributed by atoms with Gasteiger partial charge < -0.3 is 9.15 Å². The average Bonchev–Trinajstić information content (AvgIpc) is 2.60. The summed E-state index contributed by atoms with van der Waals surface area (Å²) in [6, 6.07) is 2.11. The van der Waals surface area contributed by atoms with Crippen molar-refractivity contribution in [3.8, 4) is 5.95 Å². The van der Waals surface area contributed by atoms with Gasteiger partial charge in [0.25, 0.3) is 5.95 Å². The molecular formula is C13H22O2. The Balaban J connectivity index is 3.10. The SMILES string of the molecule is CCCC(C)(CC)c1cc(C)oc1OC. The summed E-state index contributed by atoms with van der Waals surface area (Å²) in [5, 5.41) is 0. The van der Waals surface area contributed by atoms with Crippen LogP contribution in [0, 0.1) is 6.92 Å². The molecule has 0 spiro atoms. The van der Waals surface area contributed by atoms with E-state index < -0.39 is 0 Å². The normalized spacial score (nSPS) is 15.0. The molecule has 0 bridgehead atoms. The lowest BCUT2D eigenvalue weighted by atomic mass is 9.77. The van der Waals surface area contributed by atoms with Crippen LogP contribution in [-0.2, 0) is 5.41 Å². The van der Waals surface area contributed by atoms with Crippen LogP contribution in [-0.4, -0.2) is 7.11 Å². The maximum atomic E-state index is 5.54. The second kappa shape index (κ2) is 4.73. The number of furan rings is 1. The fourth-order valence-electron chi connectivity index (χ4n) is 2.12. The quantitative estimate of drug-likeness (QED) is 0.731. The van der Waals surface area contributed by atoms with E-state index >= 15 is 0 Å². The molecule has 1 aromatic heterocycles. The lowest BCUT2D eigenvalue weighted by Gasteiger charge is -2.27. The van der Waals surface area contributed by atoms with Crippen LogP contribution in [0.3, 0.4) is 0 Å². The molecule has 0 aromatic carbocycles. The number of methoxy groups -OCH3 is 1. The van der Waals surface area contributed by atoms with E-state index in [2.05, 4.69) is 26.8 Å². The van der Waals surface area contributed by atoms with E-state index in [1.54, 1.807) is 7.11 Å². The van der Waals surface area contributed by atoms with Crippen molar-refractivity contribution in [1.29, 1.82) is 0 Å². The number of rotatable bonds is 5. The maximum Gasteiger partial charge on any atom is 0.288 e. The molecule has 1 aromatic rings. The van der Waals surface area contributed by atoms with Gasteiger partial charge in [0.2, 0.25) is 0 Å². The number of aryl methyl sites for hydroxylation is 1. The Morgan fingerprint density at radius 1 is 1.40 bits per heavy atom. The largest absolute Gasteiger partial charge is 0.468 e. The summed E-state index contributed by atoms with van der Waals surface area (Å²) in [7, 11) is 1.67. The predicted molar refractivity (Wildman–Crippen MR) is 62.5 cm³/mol. The number of ether oxygens (including phenoxy) is 1. The Morgan fingerprint density at radius 2 is 2.07 bits per heavy atom. The molecule has 15 heavy (non-hydrogen) atoms. The molecule has 0 amide bonds. The van der Waals surface area contributed by atoms with E-state index in [-0.39, 0.29) is 5.41 Å². The van der Waals surface area contributed by atoms with E-state index in [4.69, 9.17) is 9.15 Å². The molecular weight excluding hydrogens is 188 g/mol. The van der Waals surface area contributed by atoms with Crippen molar-refractivity contribution in [2.45, 2.75) is 52.4 Å². The van der Waals surface area contributed by atoms with Gasteiger partial charge in [-0.1, -0.05) is 27.2 Å². The molecule has 0 N–H and O–H groups in total. The topological polar surface area (TPSA) is 22.4 Å². The van der Waals surface area contributed by atoms with Crippen LogP contribution in [0.2, 0.25) is 0 Å². The maximum absolute atomic E-state index is 5.54. The Hall–Kier alpha value is -0.920. The fourth-order valence-corrected chi connectivity index (χ4v) is 2.12. The van der Waals surface area contributed by atoms with Gasteiger partial charge >= 0.3 is 0 Å². The van der Waals surface area contributed by atoms with Crippen molar-refractivity contribution in [3.05, 3.63) is 17.4 Å². The van der Waals surface area contributed by atoms with E-state index in [0.717, 1.165) is 12.2 Å². The second-order valence-corrected chi connectivity index (χ2v) is 4.43. The Kier molecular flexibility index (Phi) is 3.83. The van der Waals surface area contributed by atoms with Crippen molar-refractivity contribution in [2.24, 2.45) is 0 Å². The van der Waals surface area contributed by atoms with E-state index in [0.29, 0.717) is 5.95 Å². The van der Waals surface area contributed by atoms with Crippen molar-refractivity contribution in [3.63, 3.8) is 0 Å². The second-order valence-electron chi connectivity index (χ2n) is 4.43. The van der Waals surface area contributed by atoms with Crippen molar-refractivity contribution in [2.75, 3.05) is 7.11 Å². The molecule has 1 heterocycles. The summed E-state index contributed by atoms with van der Waals surface area (Å²) in [4.78, 5) is 0. The first-order chi connectivity index (χ1) is 7.07.